The summed E-state index contributed by atoms with van der Waals surface area (Å²) in [5.74, 6) is -1.36. The molecule has 1 aliphatic rings. The quantitative estimate of drug-likeness (QED) is 0.0491. The van der Waals surface area contributed by atoms with E-state index in [0.29, 0.717) is 49.2 Å². The zero-order chi connectivity index (χ0) is 43.0. The molecule has 1 saturated heterocycles. The normalized spacial score (nSPS) is 14.6. The van der Waals surface area contributed by atoms with Crippen LogP contribution in [0.5, 0.6) is 11.5 Å². The van der Waals surface area contributed by atoms with Gasteiger partial charge in [0, 0.05) is 52.7 Å². The predicted octanol–water partition coefficient (Wildman–Crippen LogP) is 5.27. The number of aliphatic carboxylic acids is 1. The zero-order valence-electron chi connectivity index (χ0n) is 33.5. The first kappa shape index (κ1) is 46.2. The van der Waals surface area contributed by atoms with Gasteiger partial charge in [-0.2, -0.15) is 9.81 Å². The number of hydrogen-bond acceptors (Lipinski definition) is 9. The minimum atomic E-state index is -4.30. The summed E-state index contributed by atoms with van der Waals surface area (Å²) in [6.07, 6.45) is 2.24. The number of hydrogen-bond donors (Lipinski definition) is 5. The topological polar surface area (TPSA) is 225 Å². The molecule has 0 saturated carbocycles. The number of amides is 2. The van der Waals surface area contributed by atoms with Crippen LogP contribution in [0, 0.1) is 5.41 Å². The van der Waals surface area contributed by atoms with E-state index in [9.17, 15) is 22.6 Å². The second-order valence-electron chi connectivity index (χ2n) is 13.9. The lowest BCUT2D eigenvalue weighted by Crippen LogP contribution is -2.55. The maximum atomic E-state index is 14.5. The van der Waals surface area contributed by atoms with Crippen LogP contribution in [-0.2, 0) is 29.0 Å². The fourth-order valence-electron chi connectivity index (χ4n) is 6.33. The number of carbonyl (C=O) groups excluding carboxylic acids is 2. The fourth-order valence-corrected chi connectivity index (χ4v) is 8.89. The van der Waals surface area contributed by atoms with E-state index in [-0.39, 0.29) is 36.5 Å². The van der Waals surface area contributed by atoms with Crippen LogP contribution in [0.15, 0.2) is 108 Å². The monoisotopic (exact) mass is 851 g/mol. The lowest BCUT2D eigenvalue weighted by molar-refractivity contribution is -0.139. The highest BCUT2D eigenvalue weighted by Gasteiger charge is 2.35. The highest BCUT2D eigenvalue weighted by atomic mass is 32.2. The average Bonchev–Trinajstić information content (AvgIpc) is 3.21. The molecule has 59 heavy (non-hydrogen) atoms. The number of carboxylic acids is 1. The minimum absolute atomic E-state index is 0.00640. The smallest absolute Gasteiger partial charge is 0.481 e. The van der Waals surface area contributed by atoms with Gasteiger partial charge in [0.25, 0.3) is 5.97 Å². The van der Waals surface area contributed by atoms with Gasteiger partial charge >= 0.3 is 7.75 Å². The molecule has 0 radical (unpaired) electrons. The molecule has 5 rings (SSSR count). The van der Waals surface area contributed by atoms with Gasteiger partial charge in [0.1, 0.15) is 17.5 Å². The Kier molecular flexibility index (Phi) is 17.3. The summed E-state index contributed by atoms with van der Waals surface area (Å²) in [6, 6.07) is 27.4. The third-order valence-corrected chi connectivity index (χ3v) is 12.4. The first-order chi connectivity index (χ1) is 28.1. The van der Waals surface area contributed by atoms with Gasteiger partial charge in [-0.15, -0.1) is 0 Å². The van der Waals surface area contributed by atoms with E-state index in [1.165, 1.54) is 21.9 Å². The molecule has 1 fully saturated rings. The molecule has 4 aromatic carbocycles. The molecule has 4 aromatic rings. The average molecular weight is 852 g/mol. The number of benzene rings is 4. The van der Waals surface area contributed by atoms with Crippen molar-refractivity contribution < 1.29 is 41.5 Å². The summed E-state index contributed by atoms with van der Waals surface area (Å²) in [7, 11) is -6.73. The van der Waals surface area contributed by atoms with Crippen molar-refractivity contribution in [1.82, 2.24) is 24.5 Å². The van der Waals surface area contributed by atoms with Crippen molar-refractivity contribution in [3.63, 3.8) is 0 Å². The van der Waals surface area contributed by atoms with Crippen molar-refractivity contribution >= 4 is 52.3 Å². The molecule has 0 spiro atoms. The van der Waals surface area contributed by atoms with E-state index >= 15 is 0 Å². The molecule has 2 amide bonds. The van der Waals surface area contributed by atoms with Crippen LogP contribution in [0.2, 0.25) is 0 Å². The molecule has 18 heteroatoms. The Balaban J connectivity index is 0.00000184. The standard InChI is InChI=1S/C39H50N7O7PS.C2H4O2/c1-3-4-24-45(26-23-42-54(49,52-33-17-7-5-8-18-33)53-34-19-9-6-10-20-34)38(48)36(28-37(47)44(2)32-16-13-25-46(29-32)39(40)41)43-55(50,51)35-22-21-30-14-11-12-15-31(30)27-35;1-2(3)4/h5-12,14-15,17-22,27,32,36,43H,3-4,13,16,23-26,28-29H2,1-2H3,(H3,40,41)(H,42,49);1H3,(H,3,4)/t32-,36-;/m0./s1. The van der Waals surface area contributed by atoms with Gasteiger partial charge in [-0.1, -0.05) is 80.1 Å². The van der Waals surface area contributed by atoms with Gasteiger partial charge in [-0.25, -0.2) is 13.0 Å². The van der Waals surface area contributed by atoms with Crippen LogP contribution < -0.4 is 24.6 Å². The van der Waals surface area contributed by atoms with Gasteiger partial charge in [0.15, 0.2) is 5.96 Å². The van der Waals surface area contributed by atoms with Gasteiger partial charge in [-0.05, 0) is 66.4 Å². The summed E-state index contributed by atoms with van der Waals surface area (Å²) < 4.78 is 56.2. The number of para-hydroxylation sites is 2. The highest BCUT2D eigenvalue weighted by molar-refractivity contribution is 7.89. The van der Waals surface area contributed by atoms with Crippen LogP contribution in [0.4, 0.5) is 0 Å². The lowest BCUT2D eigenvalue weighted by atomic mass is 10.0. The van der Waals surface area contributed by atoms with E-state index in [4.69, 9.17) is 30.1 Å². The van der Waals surface area contributed by atoms with Gasteiger partial charge in [0.05, 0.1) is 11.3 Å². The summed E-state index contributed by atoms with van der Waals surface area (Å²) >= 11 is 0. The third-order valence-electron chi connectivity index (χ3n) is 9.40. The molecule has 0 unspecified atom stereocenters. The first-order valence-electron chi connectivity index (χ1n) is 19.3. The van der Waals surface area contributed by atoms with Crippen molar-refractivity contribution in [3.05, 3.63) is 103 Å². The molecule has 1 heterocycles. The van der Waals surface area contributed by atoms with Crippen LogP contribution in [0.25, 0.3) is 10.8 Å². The maximum absolute atomic E-state index is 14.5. The van der Waals surface area contributed by atoms with Crippen molar-refractivity contribution in [2.45, 2.75) is 62.9 Å². The number of unbranched alkanes of at least 4 members (excludes halogenated alkanes) is 1. The number of fused-ring (bicyclic) bond motifs is 1. The van der Waals surface area contributed by atoms with E-state index in [1.54, 1.807) is 90.8 Å². The molecule has 0 bridgehead atoms. The number of piperidine rings is 1. The second kappa shape index (κ2) is 22.0. The number of nitrogens with two attached hydrogens (primary N) is 1. The summed E-state index contributed by atoms with van der Waals surface area (Å²) in [4.78, 5) is 42.0. The Labute approximate surface area is 345 Å². The number of nitrogens with zero attached hydrogens (tertiary/aromatic N) is 3. The Morgan fingerprint density at radius 2 is 1.53 bits per heavy atom. The zero-order valence-corrected chi connectivity index (χ0v) is 35.2. The SMILES string of the molecule is CC(=O)O.CCCCN(CCNP(=O)(Oc1ccccc1)Oc1ccccc1)C(=O)[C@H](CC(=O)N(C)[C@H]1CCCN(C(=N)N)C1)NS(=O)(=O)c1ccc2ccccc2c1. The first-order valence-corrected chi connectivity index (χ1v) is 22.3. The highest BCUT2D eigenvalue weighted by Crippen LogP contribution is 2.44. The summed E-state index contributed by atoms with van der Waals surface area (Å²) in [5.41, 5.74) is 5.74. The molecule has 6 N–H and O–H groups in total. The number of rotatable bonds is 18. The number of nitrogens with one attached hydrogen (secondary N) is 3. The molecule has 2 atom stereocenters. The number of likely N-dealkylation sites (N-methyl/N-ethyl adjacent to an activating group) is 1. The van der Waals surface area contributed by atoms with Crippen LogP contribution in [-0.4, -0.2) is 104 Å². The Bertz CT molecular complexity index is 2130. The molecule has 0 aromatic heterocycles. The minimum Gasteiger partial charge on any atom is -0.481 e. The Morgan fingerprint density at radius 1 is 0.949 bits per heavy atom. The number of sulfonamides is 1. The summed E-state index contributed by atoms with van der Waals surface area (Å²) in [5, 5.41) is 19.7. The van der Waals surface area contributed by atoms with Crippen LogP contribution in [0.1, 0.15) is 46.0 Å². The van der Waals surface area contributed by atoms with Gasteiger partial charge in [-0.3, -0.25) is 19.8 Å². The summed E-state index contributed by atoms with van der Waals surface area (Å²) in [6.45, 7) is 4.18. The lowest BCUT2D eigenvalue weighted by Gasteiger charge is -2.38. The van der Waals surface area contributed by atoms with Gasteiger partial charge < -0.3 is 34.6 Å². The van der Waals surface area contributed by atoms with E-state index < -0.39 is 48.0 Å². The number of carboxylic acid groups (broad SMARTS) is 1. The number of likely N-dealkylation sites (tertiary alicyclic amines) is 1. The van der Waals surface area contributed by atoms with Gasteiger partial charge in [0.2, 0.25) is 21.8 Å². The van der Waals surface area contributed by atoms with Crippen LogP contribution in [0.3, 0.4) is 0 Å². The molecular formula is C41H54N7O9PS. The van der Waals surface area contributed by atoms with E-state index in [0.717, 1.165) is 18.7 Å². The number of carbonyl (C=O) groups is 3. The van der Waals surface area contributed by atoms with Crippen molar-refractivity contribution in [2.24, 2.45) is 5.73 Å². The Morgan fingerprint density at radius 3 is 2.10 bits per heavy atom. The van der Waals surface area contributed by atoms with Crippen molar-refractivity contribution in [3.8, 4) is 11.5 Å². The fraction of sp³-hybridized carbons (Fsp3) is 0.366. The molecule has 1 aliphatic heterocycles. The largest absolute Gasteiger partial charge is 0.512 e. The Hall–Kier alpha value is -5.48. The third kappa shape index (κ3) is 14.4. The van der Waals surface area contributed by atoms with E-state index in [2.05, 4.69) is 9.81 Å². The maximum Gasteiger partial charge on any atom is 0.512 e. The van der Waals surface area contributed by atoms with Crippen LogP contribution >= 0.6 is 7.75 Å². The van der Waals surface area contributed by atoms with Crippen molar-refractivity contribution in [1.29, 1.82) is 5.41 Å². The molecule has 318 valence electrons. The molecule has 16 nitrogen and oxygen atoms in total. The van der Waals surface area contributed by atoms with Crippen molar-refractivity contribution in [2.75, 3.05) is 39.8 Å². The predicted molar refractivity (Wildman–Crippen MR) is 227 cm³/mol. The molecular weight excluding hydrogens is 798 g/mol. The second-order valence-corrected chi connectivity index (χ2v) is 17.3. The van der Waals surface area contributed by atoms with E-state index in [1.807, 2.05) is 19.1 Å². The molecule has 0 aliphatic carbocycles. The number of guanidine groups is 1.